The Morgan fingerprint density at radius 1 is 1.19 bits per heavy atom. The molecule has 0 spiro atoms. The van der Waals surface area contributed by atoms with E-state index >= 15 is 0 Å². The van der Waals surface area contributed by atoms with Crippen LogP contribution in [0.2, 0.25) is 5.02 Å². The minimum Gasteiger partial charge on any atom is -0.328 e. The van der Waals surface area contributed by atoms with Gasteiger partial charge in [-0.2, -0.15) is 5.10 Å². The molecule has 2 amide bonds. The minimum absolute atomic E-state index is 0.206. The molecule has 0 radical (unpaired) electrons. The Balaban J connectivity index is 1.73. The minimum atomic E-state index is -0.802. The van der Waals surface area contributed by atoms with Crippen molar-refractivity contribution in [2.45, 2.75) is 6.54 Å². The average molecular weight is 306 g/mol. The van der Waals surface area contributed by atoms with Crippen LogP contribution in [0.25, 0.3) is 0 Å². The second kappa shape index (κ2) is 5.02. The number of rotatable bonds is 3. The van der Waals surface area contributed by atoms with Crippen LogP contribution < -0.4 is 0 Å². The summed E-state index contributed by atoms with van der Waals surface area (Å²) in [6.07, 6.45) is 2.78. The zero-order valence-corrected chi connectivity index (χ0v) is 11.3. The lowest BCUT2D eigenvalue weighted by molar-refractivity contribution is -0.169. The molecule has 1 aliphatic heterocycles. The first-order chi connectivity index (χ1) is 10.1. The van der Waals surface area contributed by atoms with Crippen molar-refractivity contribution in [2.24, 2.45) is 0 Å². The van der Waals surface area contributed by atoms with E-state index in [1.54, 1.807) is 12.1 Å². The second-order valence-corrected chi connectivity index (χ2v) is 4.71. The van der Waals surface area contributed by atoms with Gasteiger partial charge >= 0.3 is 5.97 Å². The van der Waals surface area contributed by atoms with Gasteiger partial charge in [0.15, 0.2) is 0 Å². The molecular formula is C13H8ClN3O4. The summed E-state index contributed by atoms with van der Waals surface area (Å²) < 4.78 is 1.24. The van der Waals surface area contributed by atoms with Crippen molar-refractivity contribution < 1.29 is 19.2 Å². The lowest BCUT2D eigenvalue weighted by Gasteiger charge is -2.12. The molecule has 106 valence electrons. The van der Waals surface area contributed by atoms with Gasteiger partial charge < -0.3 is 4.84 Å². The van der Waals surface area contributed by atoms with E-state index in [2.05, 4.69) is 5.10 Å². The van der Waals surface area contributed by atoms with Gasteiger partial charge in [-0.1, -0.05) is 28.8 Å². The van der Waals surface area contributed by atoms with Gasteiger partial charge in [0.05, 0.1) is 22.3 Å². The molecule has 21 heavy (non-hydrogen) atoms. The van der Waals surface area contributed by atoms with Crippen molar-refractivity contribution in [1.29, 1.82) is 0 Å². The summed E-state index contributed by atoms with van der Waals surface area (Å²) in [7, 11) is 0. The van der Waals surface area contributed by atoms with Crippen LogP contribution in [0.4, 0.5) is 0 Å². The van der Waals surface area contributed by atoms with E-state index in [0.717, 1.165) is 0 Å². The van der Waals surface area contributed by atoms with Gasteiger partial charge in [-0.25, -0.2) is 4.79 Å². The molecule has 0 atom stereocenters. The number of halogens is 1. The van der Waals surface area contributed by atoms with E-state index in [1.165, 1.54) is 29.2 Å². The molecule has 0 unspecified atom stereocenters. The van der Waals surface area contributed by atoms with Crippen LogP contribution in [-0.4, -0.2) is 32.6 Å². The predicted molar refractivity (Wildman–Crippen MR) is 70.3 cm³/mol. The van der Waals surface area contributed by atoms with Crippen molar-refractivity contribution in [3.63, 3.8) is 0 Å². The highest BCUT2D eigenvalue weighted by atomic mass is 35.5. The first-order valence-electron chi connectivity index (χ1n) is 5.93. The number of hydrogen-bond donors (Lipinski definition) is 0. The summed E-state index contributed by atoms with van der Waals surface area (Å²) in [5, 5.41) is 4.62. The van der Waals surface area contributed by atoms with E-state index in [1.807, 2.05) is 0 Å². The highest BCUT2D eigenvalue weighted by Gasteiger charge is 2.38. The number of benzene rings is 1. The predicted octanol–water partition coefficient (Wildman–Crippen LogP) is 1.29. The third-order valence-electron chi connectivity index (χ3n) is 2.84. The fourth-order valence-electron chi connectivity index (χ4n) is 1.94. The van der Waals surface area contributed by atoms with Crippen molar-refractivity contribution in [3.05, 3.63) is 52.8 Å². The molecule has 0 aliphatic carbocycles. The first kappa shape index (κ1) is 13.3. The van der Waals surface area contributed by atoms with E-state index < -0.39 is 17.8 Å². The third kappa shape index (κ3) is 2.38. The number of imide groups is 1. The van der Waals surface area contributed by atoms with Crippen molar-refractivity contribution >= 4 is 29.4 Å². The van der Waals surface area contributed by atoms with Gasteiger partial charge in [0, 0.05) is 6.20 Å². The molecule has 0 bridgehead atoms. The Bertz CT molecular complexity index is 720. The molecule has 2 heterocycles. The quantitative estimate of drug-likeness (QED) is 0.798. The number of carbonyl (C=O) groups is 3. The maximum absolute atomic E-state index is 12.0. The summed E-state index contributed by atoms with van der Waals surface area (Å²) in [6.45, 7) is -0.264. The molecule has 1 aliphatic rings. The molecule has 2 aromatic rings. The number of nitrogens with zero attached hydrogens (tertiary/aromatic N) is 3. The molecule has 0 N–H and O–H groups in total. The molecule has 8 heteroatoms. The van der Waals surface area contributed by atoms with Crippen molar-refractivity contribution in [1.82, 2.24) is 14.8 Å². The maximum atomic E-state index is 12.0. The van der Waals surface area contributed by atoms with Crippen LogP contribution in [0.15, 0.2) is 36.7 Å². The van der Waals surface area contributed by atoms with Crippen LogP contribution >= 0.6 is 11.6 Å². The molecule has 0 saturated carbocycles. The third-order valence-corrected chi connectivity index (χ3v) is 3.04. The largest absolute Gasteiger partial charge is 0.354 e. The zero-order valence-electron chi connectivity index (χ0n) is 10.5. The Morgan fingerprint density at radius 2 is 1.81 bits per heavy atom. The van der Waals surface area contributed by atoms with Crippen molar-refractivity contribution in [2.75, 3.05) is 0 Å². The van der Waals surface area contributed by atoms with Crippen molar-refractivity contribution in [3.8, 4) is 0 Å². The highest BCUT2D eigenvalue weighted by molar-refractivity contribution is 6.30. The van der Waals surface area contributed by atoms with Crippen LogP contribution in [0.5, 0.6) is 0 Å². The van der Waals surface area contributed by atoms with Crippen LogP contribution in [0.1, 0.15) is 20.7 Å². The van der Waals surface area contributed by atoms with Crippen LogP contribution in [-0.2, 0) is 16.2 Å². The Hall–Kier alpha value is -2.67. The lowest BCUT2D eigenvalue weighted by Crippen LogP contribution is -2.34. The fourth-order valence-corrected chi connectivity index (χ4v) is 2.09. The topological polar surface area (TPSA) is 81.5 Å². The number of aromatic nitrogens is 2. The van der Waals surface area contributed by atoms with E-state index in [4.69, 9.17) is 16.4 Å². The number of fused-ring (bicyclic) bond motifs is 1. The Labute approximate surface area is 123 Å². The number of hydrogen-bond acceptors (Lipinski definition) is 5. The SMILES string of the molecule is O=C(Cn1cc(Cl)cn1)ON1C(=O)c2ccccc2C1=O. The first-order valence-corrected chi connectivity index (χ1v) is 6.30. The molecule has 7 nitrogen and oxygen atoms in total. The van der Waals surface area contributed by atoms with Crippen LogP contribution in [0, 0.1) is 0 Å². The molecular weight excluding hydrogens is 298 g/mol. The Kier molecular flexibility index (Phi) is 3.19. The summed E-state index contributed by atoms with van der Waals surface area (Å²) in [4.78, 5) is 40.5. The second-order valence-electron chi connectivity index (χ2n) is 4.27. The molecule has 1 aromatic carbocycles. The normalized spacial score (nSPS) is 13.5. The van der Waals surface area contributed by atoms with E-state index in [0.29, 0.717) is 10.1 Å². The van der Waals surface area contributed by atoms with E-state index in [9.17, 15) is 14.4 Å². The van der Waals surface area contributed by atoms with Gasteiger partial charge in [-0.15, -0.1) is 0 Å². The van der Waals surface area contributed by atoms with Gasteiger partial charge in [0.1, 0.15) is 6.54 Å². The molecule has 3 rings (SSSR count). The van der Waals surface area contributed by atoms with Gasteiger partial charge in [-0.3, -0.25) is 14.3 Å². The lowest BCUT2D eigenvalue weighted by atomic mass is 10.1. The maximum Gasteiger partial charge on any atom is 0.354 e. The average Bonchev–Trinajstić information content (AvgIpc) is 2.97. The molecule has 1 aromatic heterocycles. The van der Waals surface area contributed by atoms with Gasteiger partial charge in [0.25, 0.3) is 11.8 Å². The highest BCUT2D eigenvalue weighted by Crippen LogP contribution is 2.22. The summed E-state index contributed by atoms with van der Waals surface area (Å²) in [6, 6.07) is 6.25. The zero-order chi connectivity index (χ0) is 15.0. The monoisotopic (exact) mass is 305 g/mol. The van der Waals surface area contributed by atoms with Crippen LogP contribution in [0.3, 0.4) is 0 Å². The fraction of sp³-hybridized carbons (Fsp3) is 0.0769. The summed E-state index contributed by atoms with van der Waals surface area (Å²) in [5.41, 5.74) is 0.412. The number of hydroxylamine groups is 2. The van der Waals surface area contributed by atoms with Gasteiger partial charge in [0.2, 0.25) is 0 Å². The molecule has 0 saturated heterocycles. The molecule has 0 fully saturated rings. The standard InChI is InChI=1S/C13H8ClN3O4/c14-8-5-15-16(6-8)7-11(18)21-17-12(19)9-3-1-2-4-10(9)13(17)20/h1-6H,7H2. The number of carbonyl (C=O) groups excluding carboxylic acids is 3. The Morgan fingerprint density at radius 3 is 2.33 bits per heavy atom. The summed E-state index contributed by atoms with van der Waals surface area (Å²) in [5.74, 6) is -2.13. The van der Waals surface area contributed by atoms with E-state index in [-0.39, 0.29) is 17.7 Å². The smallest absolute Gasteiger partial charge is 0.328 e. The number of amides is 2. The summed E-state index contributed by atoms with van der Waals surface area (Å²) >= 11 is 5.67. The van der Waals surface area contributed by atoms with Gasteiger partial charge in [-0.05, 0) is 12.1 Å².